The van der Waals surface area contributed by atoms with Crippen molar-refractivity contribution >= 4 is 21.6 Å². The van der Waals surface area contributed by atoms with E-state index in [0.717, 1.165) is 6.07 Å². The maximum Gasteiger partial charge on any atom is 0.418 e. The van der Waals surface area contributed by atoms with Crippen LogP contribution in [0, 0.1) is 5.92 Å². The lowest BCUT2D eigenvalue weighted by molar-refractivity contribution is -0.137. The lowest BCUT2D eigenvalue weighted by Crippen LogP contribution is -2.34. The number of benzene rings is 1. The molecule has 1 unspecified atom stereocenters. The van der Waals surface area contributed by atoms with Crippen LogP contribution < -0.4 is 11.1 Å². The van der Waals surface area contributed by atoms with E-state index < -0.39 is 11.7 Å². The summed E-state index contributed by atoms with van der Waals surface area (Å²) in [6.07, 6.45) is -4.38. The lowest BCUT2D eigenvalue weighted by atomic mass is 10.1. The van der Waals surface area contributed by atoms with Crippen LogP contribution in [0.25, 0.3) is 0 Å². The first kappa shape index (κ1) is 15.3. The van der Waals surface area contributed by atoms with Gasteiger partial charge in [0.25, 0.3) is 0 Å². The van der Waals surface area contributed by atoms with E-state index in [1.807, 2.05) is 13.8 Å². The monoisotopic (exact) mass is 324 g/mol. The minimum absolute atomic E-state index is 0.0572. The molecule has 0 aliphatic carbocycles. The molecule has 18 heavy (non-hydrogen) atoms. The molecule has 0 saturated carbocycles. The first-order valence-electron chi connectivity index (χ1n) is 5.58. The summed E-state index contributed by atoms with van der Waals surface area (Å²) in [7, 11) is 0. The van der Waals surface area contributed by atoms with Gasteiger partial charge >= 0.3 is 6.18 Å². The molecule has 102 valence electrons. The van der Waals surface area contributed by atoms with Crippen molar-refractivity contribution in [1.82, 2.24) is 0 Å². The van der Waals surface area contributed by atoms with Gasteiger partial charge in [0.05, 0.1) is 5.56 Å². The van der Waals surface area contributed by atoms with Gasteiger partial charge in [-0.25, -0.2) is 0 Å². The molecule has 3 N–H and O–H groups in total. The summed E-state index contributed by atoms with van der Waals surface area (Å²) in [4.78, 5) is 0. The number of halogens is 4. The average molecular weight is 325 g/mol. The van der Waals surface area contributed by atoms with Crippen molar-refractivity contribution in [2.24, 2.45) is 11.7 Å². The zero-order valence-electron chi connectivity index (χ0n) is 10.2. The number of hydrogen-bond acceptors (Lipinski definition) is 2. The van der Waals surface area contributed by atoms with Crippen LogP contribution in [0.1, 0.15) is 19.4 Å². The van der Waals surface area contributed by atoms with E-state index in [4.69, 9.17) is 5.73 Å². The third-order valence-electron chi connectivity index (χ3n) is 2.67. The highest BCUT2D eigenvalue weighted by molar-refractivity contribution is 9.10. The maximum absolute atomic E-state index is 12.8. The second-order valence-electron chi connectivity index (χ2n) is 4.48. The Morgan fingerprint density at radius 2 is 1.94 bits per heavy atom. The molecule has 1 aromatic rings. The summed E-state index contributed by atoms with van der Waals surface area (Å²) in [5.41, 5.74) is 5.17. The predicted molar refractivity (Wildman–Crippen MR) is 70.4 cm³/mol. The van der Waals surface area contributed by atoms with Crippen LogP contribution in [-0.2, 0) is 6.18 Å². The quantitative estimate of drug-likeness (QED) is 0.882. The number of nitrogens with two attached hydrogens (primary N) is 1. The van der Waals surface area contributed by atoms with Gasteiger partial charge < -0.3 is 11.1 Å². The zero-order chi connectivity index (χ0) is 13.9. The van der Waals surface area contributed by atoms with E-state index in [1.165, 1.54) is 6.07 Å². The topological polar surface area (TPSA) is 38.0 Å². The van der Waals surface area contributed by atoms with E-state index in [2.05, 4.69) is 21.2 Å². The molecule has 0 aliphatic rings. The highest BCUT2D eigenvalue weighted by Crippen LogP contribution is 2.36. The molecule has 0 amide bonds. The van der Waals surface area contributed by atoms with Crippen LogP contribution in [-0.4, -0.2) is 12.6 Å². The van der Waals surface area contributed by atoms with Gasteiger partial charge in [-0.05, 0) is 24.1 Å². The summed E-state index contributed by atoms with van der Waals surface area (Å²) >= 11 is 3.04. The average Bonchev–Trinajstić information content (AvgIpc) is 2.25. The van der Waals surface area contributed by atoms with Crippen molar-refractivity contribution in [3.63, 3.8) is 0 Å². The Kier molecular flexibility index (Phi) is 5.04. The predicted octanol–water partition coefficient (Wildman–Crippen LogP) is 3.86. The van der Waals surface area contributed by atoms with Crippen LogP contribution in [0.2, 0.25) is 0 Å². The van der Waals surface area contributed by atoms with E-state index in [-0.39, 0.29) is 17.6 Å². The summed E-state index contributed by atoms with van der Waals surface area (Å²) < 4.78 is 38.9. The van der Waals surface area contributed by atoms with Crippen LogP contribution in [0.15, 0.2) is 22.7 Å². The van der Waals surface area contributed by atoms with Crippen LogP contribution in [0.4, 0.5) is 18.9 Å². The summed E-state index contributed by atoms with van der Waals surface area (Å²) in [6, 6.07) is 3.84. The second-order valence-corrected chi connectivity index (χ2v) is 5.39. The highest BCUT2D eigenvalue weighted by Gasteiger charge is 2.33. The molecule has 0 spiro atoms. The van der Waals surface area contributed by atoms with E-state index >= 15 is 0 Å². The molecule has 0 aromatic heterocycles. The van der Waals surface area contributed by atoms with Crippen molar-refractivity contribution in [3.8, 4) is 0 Å². The van der Waals surface area contributed by atoms with Gasteiger partial charge in [0.2, 0.25) is 0 Å². The van der Waals surface area contributed by atoms with Gasteiger partial charge in [0.1, 0.15) is 0 Å². The third-order valence-corrected chi connectivity index (χ3v) is 3.16. The van der Waals surface area contributed by atoms with Gasteiger partial charge in [-0.1, -0.05) is 29.8 Å². The van der Waals surface area contributed by atoms with Gasteiger partial charge in [-0.15, -0.1) is 0 Å². The summed E-state index contributed by atoms with van der Waals surface area (Å²) in [6.45, 7) is 4.17. The fraction of sp³-hybridized carbons (Fsp3) is 0.500. The smallest absolute Gasteiger partial charge is 0.383 e. The molecule has 0 heterocycles. The molecule has 1 aromatic carbocycles. The Morgan fingerprint density at radius 3 is 2.44 bits per heavy atom. The molecule has 6 heteroatoms. The van der Waals surface area contributed by atoms with Crippen molar-refractivity contribution < 1.29 is 13.2 Å². The van der Waals surface area contributed by atoms with Gasteiger partial charge in [0.15, 0.2) is 0 Å². The standard InChI is InChI=1S/C12H16BrF3N2/c1-7(2)10(17)6-18-11-4-3-8(13)5-9(11)12(14,15)16/h3-5,7,10,18H,6,17H2,1-2H3. The van der Waals surface area contributed by atoms with Crippen molar-refractivity contribution in [2.45, 2.75) is 26.1 Å². The second kappa shape index (κ2) is 5.93. The molecule has 0 aliphatic heterocycles. The maximum atomic E-state index is 12.8. The molecule has 1 atom stereocenters. The Bertz CT molecular complexity index is 405. The first-order valence-corrected chi connectivity index (χ1v) is 6.37. The molecule has 2 nitrogen and oxygen atoms in total. The fourth-order valence-corrected chi connectivity index (χ4v) is 1.73. The molecule has 0 bridgehead atoms. The van der Waals surface area contributed by atoms with Crippen LogP contribution >= 0.6 is 15.9 Å². The highest BCUT2D eigenvalue weighted by atomic mass is 79.9. The SMILES string of the molecule is CC(C)C(N)CNc1ccc(Br)cc1C(F)(F)F. The molecule has 0 fully saturated rings. The Hall–Kier alpha value is -0.750. The molecular formula is C12H16BrF3N2. The summed E-state index contributed by atoms with van der Waals surface area (Å²) in [5, 5.41) is 2.76. The summed E-state index contributed by atoms with van der Waals surface area (Å²) in [5.74, 6) is 0.210. The Labute approximate surface area is 113 Å². The number of anilines is 1. The molecule has 0 radical (unpaired) electrons. The van der Waals surface area contributed by atoms with Crippen molar-refractivity contribution in [1.29, 1.82) is 0 Å². The minimum Gasteiger partial charge on any atom is -0.383 e. The Balaban J connectivity index is 2.89. The number of hydrogen-bond donors (Lipinski definition) is 2. The number of rotatable bonds is 4. The number of nitrogens with one attached hydrogen (secondary N) is 1. The van der Waals surface area contributed by atoms with E-state index in [0.29, 0.717) is 11.0 Å². The fourth-order valence-electron chi connectivity index (χ4n) is 1.37. The van der Waals surface area contributed by atoms with E-state index in [1.54, 1.807) is 6.07 Å². The molecule has 1 rings (SSSR count). The Morgan fingerprint density at radius 1 is 1.33 bits per heavy atom. The third kappa shape index (κ3) is 4.17. The normalized spacial score (nSPS) is 13.8. The largest absolute Gasteiger partial charge is 0.418 e. The van der Waals surface area contributed by atoms with Gasteiger partial charge in [0, 0.05) is 22.7 Å². The zero-order valence-corrected chi connectivity index (χ0v) is 11.8. The van der Waals surface area contributed by atoms with Crippen LogP contribution in [0.3, 0.4) is 0 Å². The minimum atomic E-state index is -4.38. The van der Waals surface area contributed by atoms with Crippen molar-refractivity contribution in [3.05, 3.63) is 28.2 Å². The first-order chi connectivity index (χ1) is 8.21. The lowest BCUT2D eigenvalue weighted by Gasteiger charge is -2.19. The van der Waals surface area contributed by atoms with Crippen molar-refractivity contribution in [2.75, 3.05) is 11.9 Å². The van der Waals surface area contributed by atoms with E-state index in [9.17, 15) is 13.2 Å². The van der Waals surface area contributed by atoms with Crippen LogP contribution in [0.5, 0.6) is 0 Å². The molecular weight excluding hydrogens is 309 g/mol. The number of alkyl halides is 3. The van der Waals surface area contributed by atoms with Gasteiger partial charge in [-0.3, -0.25) is 0 Å². The molecule has 0 saturated heterocycles. The van der Waals surface area contributed by atoms with Gasteiger partial charge in [-0.2, -0.15) is 13.2 Å².